The number of hydrogen-bond acceptors (Lipinski definition) is 1. The summed E-state index contributed by atoms with van der Waals surface area (Å²) in [5.74, 6) is 3.29. The molecule has 1 heteroatoms. The highest BCUT2D eigenvalue weighted by atomic mass is 16.3. The van der Waals surface area contributed by atoms with Crippen LogP contribution in [-0.4, -0.2) is 11.7 Å². The fraction of sp³-hybridized carbons (Fsp3) is 1.00. The van der Waals surface area contributed by atoms with Crippen molar-refractivity contribution < 1.29 is 5.11 Å². The van der Waals surface area contributed by atoms with Gasteiger partial charge in [-0.25, -0.2) is 0 Å². The third-order valence-corrected chi connectivity index (χ3v) is 4.14. The minimum absolute atomic E-state index is 0.433. The van der Waals surface area contributed by atoms with Gasteiger partial charge in [-0.2, -0.15) is 0 Å². The topological polar surface area (TPSA) is 20.2 Å². The normalized spacial score (nSPS) is 43.0. The summed E-state index contributed by atoms with van der Waals surface area (Å²) in [6.45, 7) is 2.72. The van der Waals surface area contributed by atoms with Gasteiger partial charge < -0.3 is 5.11 Å². The van der Waals surface area contributed by atoms with Crippen molar-refractivity contribution in [1.29, 1.82) is 0 Å². The molecular formula is C11H20O. The Morgan fingerprint density at radius 1 is 1.25 bits per heavy atom. The quantitative estimate of drug-likeness (QED) is 0.671. The standard InChI is InChI=1S/C11H20O/c1-8-6-10(11(8)7-12)9-4-2-3-5-9/h8-12H,2-7H2,1H3/t8?,10-,11?/m0/s1. The van der Waals surface area contributed by atoms with Gasteiger partial charge in [0, 0.05) is 6.61 Å². The Kier molecular flexibility index (Phi) is 2.40. The molecule has 1 N–H and O–H groups in total. The van der Waals surface area contributed by atoms with Gasteiger partial charge in [0.1, 0.15) is 0 Å². The third kappa shape index (κ3) is 1.28. The Morgan fingerprint density at radius 2 is 1.92 bits per heavy atom. The van der Waals surface area contributed by atoms with Crippen LogP contribution in [0.25, 0.3) is 0 Å². The molecule has 2 rings (SSSR count). The Labute approximate surface area is 75.2 Å². The average Bonchev–Trinajstić information content (AvgIpc) is 2.52. The number of aliphatic hydroxyl groups excluding tert-OH is 1. The van der Waals surface area contributed by atoms with E-state index < -0.39 is 0 Å². The van der Waals surface area contributed by atoms with Crippen LogP contribution in [0, 0.1) is 23.7 Å². The van der Waals surface area contributed by atoms with Gasteiger partial charge in [0.25, 0.3) is 0 Å². The van der Waals surface area contributed by atoms with Gasteiger partial charge in [0.05, 0.1) is 0 Å². The lowest BCUT2D eigenvalue weighted by Crippen LogP contribution is -2.41. The van der Waals surface area contributed by atoms with Crippen molar-refractivity contribution in [2.45, 2.75) is 39.0 Å². The highest BCUT2D eigenvalue weighted by molar-refractivity contribution is 4.91. The van der Waals surface area contributed by atoms with Crippen LogP contribution in [0.5, 0.6) is 0 Å². The Balaban J connectivity index is 1.88. The molecule has 0 heterocycles. The van der Waals surface area contributed by atoms with Gasteiger partial charge in [-0.1, -0.05) is 32.6 Å². The lowest BCUT2D eigenvalue weighted by Gasteiger charge is -2.45. The molecule has 2 aliphatic rings. The smallest absolute Gasteiger partial charge is 0.0464 e. The summed E-state index contributed by atoms with van der Waals surface area (Å²) >= 11 is 0. The number of aliphatic hydroxyl groups is 1. The number of hydrogen-bond donors (Lipinski definition) is 1. The van der Waals surface area contributed by atoms with E-state index in [0.717, 1.165) is 17.8 Å². The molecule has 2 saturated carbocycles. The third-order valence-electron chi connectivity index (χ3n) is 4.14. The van der Waals surface area contributed by atoms with E-state index in [4.69, 9.17) is 0 Å². The molecule has 1 nitrogen and oxygen atoms in total. The summed E-state index contributed by atoms with van der Waals surface area (Å²) in [6, 6.07) is 0. The van der Waals surface area contributed by atoms with Crippen molar-refractivity contribution >= 4 is 0 Å². The Bertz CT molecular complexity index is 147. The van der Waals surface area contributed by atoms with Gasteiger partial charge in [-0.3, -0.25) is 0 Å². The minimum Gasteiger partial charge on any atom is -0.396 e. The summed E-state index contributed by atoms with van der Waals surface area (Å²) in [7, 11) is 0. The van der Waals surface area contributed by atoms with Crippen LogP contribution in [0.4, 0.5) is 0 Å². The fourth-order valence-corrected chi connectivity index (χ4v) is 3.25. The van der Waals surface area contributed by atoms with Crippen LogP contribution in [-0.2, 0) is 0 Å². The zero-order valence-electron chi connectivity index (χ0n) is 8.00. The van der Waals surface area contributed by atoms with Gasteiger partial charge >= 0.3 is 0 Å². The van der Waals surface area contributed by atoms with E-state index in [0.29, 0.717) is 12.5 Å². The predicted octanol–water partition coefficient (Wildman–Crippen LogP) is 2.44. The van der Waals surface area contributed by atoms with E-state index in [1.54, 1.807) is 0 Å². The molecule has 0 radical (unpaired) electrons. The second-order valence-corrected chi connectivity index (χ2v) is 4.77. The summed E-state index contributed by atoms with van der Waals surface area (Å²) < 4.78 is 0. The first kappa shape index (κ1) is 8.55. The minimum atomic E-state index is 0.433. The van der Waals surface area contributed by atoms with E-state index >= 15 is 0 Å². The van der Waals surface area contributed by atoms with Crippen molar-refractivity contribution in [3.63, 3.8) is 0 Å². The molecule has 0 aromatic rings. The molecule has 0 bridgehead atoms. The molecule has 70 valence electrons. The van der Waals surface area contributed by atoms with Crippen LogP contribution >= 0.6 is 0 Å². The van der Waals surface area contributed by atoms with Crippen LogP contribution in [0.2, 0.25) is 0 Å². The Hall–Kier alpha value is -0.0400. The second-order valence-electron chi connectivity index (χ2n) is 4.77. The Morgan fingerprint density at radius 3 is 2.42 bits per heavy atom. The van der Waals surface area contributed by atoms with Crippen LogP contribution in [0.3, 0.4) is 0 Å². The molecule has 3 atom stereocenters. The zero-order valence-corrected chi connectivity index (χ0v) is 8.00. The maximum atomic E-state index is 9.19. The van der Waals surface area contributed by atoms with Crippen LogP contribution < -0.4 is 0 Å². The van der Waals surface area contributed by atoms with Crippen molar-refractivity contribution in [1.82, 2.24) is 0 Å². The summed E-state index contributed by atoms with van der Waals surface area (Å²) in [5, 5.41) is 9.19. The van der Waals surface area contributed by atoms with E-state index in [-0.39, 0.29) is 0 Å². The lowest BCUT2D eigenvalue weighted by molar-refractivity contribution is -0.00608. The maximum absolute atomic E-state index is 9.19. The van der Waals surface area contributed by atoms with E-state index in [2.05, 4.69) is 6.92 Å². The van der Waals surface area contributed by atoms with E-state index in [1.165, 1.54) is 32.1 Å². The summed E-state index contributed by atoms with van der Waals surface area (Å²) in [4.78, 5) is 0. The maximum Gasteiger partial charge on any atom is 0.0464 e. The van der Waals surface area contributed by atoms with Crippen LogP contribution in [0.15, 0.2) is 0 Å². The first-order valence-electron chi connectivity index (χ1n) is 5.43. The monoisotopic (exact) mass is 168 g/mol. The fourth-order valence-electron chi connectivity index (χ4n) is 3.25. The molecule has 2 aliphatic carbocycles. The number of rotatable bonds is 2. The molecular weight excluding hydrogens is 148 g/mol. The van der Waals surface area contributed by atoms with Crippen molar-refractivity contribution in [3.05, 3.63) is 0 Å². The van der Waals surface area contributed by atoms with Crippen molar-refractivity contribution in [2.24, 2.45) is 23.7 Å². The molecule has 0 aromatic carbocycles. The first-order valence-corrected chi connectivity index (χ1v) is 5.43. The predicted molar refractivity (Wildman–Crippen MR) is 49.8 cm³/mol. The van der Waals surface area contributed by atoms with E-state index in [1.807, 2.05) is 0 Å². The highest BCUT2D eigenvalue weighted by Crippen LogP contribution is 2.49. The van der Waals surface area contributed by atoms with Crippen molar-refractivity contribution in [2.75, 3.05) is 6.61 Å². The second kappa shape index (κ2) is 3.37. The molecule has 2 fully saturated rings. The first-order chi connectivity index (χ1) is 5.83. The van der Waals surface area contributed by atoms with E-state index in [9.17, 15) is 5.11 Å². The highest BCUT2D eigenvalue weighted by Gasteiger charge is 2.42. The molecule has 0 spiro atoms. The van der Waals surface area contributed by atoms with Crippen LogP contribution in [0.1, 0.15) is 39.0 Å². The summed E-state index contributed by atoms with van der Waals surface area (Å²) in [5.41, 5.74) is 0. The summed E-state index contributed by atoms with van der Waals surface area (Å²) in [6.07, 6.45) is 7.14. The van der Waals surface area contributed by atoms with Gasteiger partial charge in [0.2, 0.25) is 0 Å². The van der Waals surface area contributed by atoms with Gasteiger partial charge in [0.15, 0.2) is 0 Å². The molecule has 2 unspecified atom stereocenters. The van der Waals surface area contributed by atoms with Gasteiger partial charge in [-0.15, -0.1) is 0 Å². The lowest BCUT2D eigenvalue weighted by atomic mass is 9.60. The molecule has 0 amide bonds. The zero-order chi connectivity index (χ0) is 8.55. The molecule has 0 saturated heterocycles. The molecule has 0 aromatic heterocycles. The average molecular weight is 168 g/mol. The molecule has 0 aliphatic heterocycles. The van der Waals surface area contributed by atoms with Crippen molar-refractivity contribution in [3.8, 4) is 0 Å². The SMILES string of the molecule is CC1C[C@@H](C2CCCC2)C1CO. The largest absolute Gasteiger partial charge is 0.396 e. The molecule has 12 heavy (non-hydrogen) atoms. The van der Waals surface area contributed by atoms with Gasteiger partial charge in [-0.05, 0) is 30.1 Å².